The highest BCUT2D eigenvalue weighted by Crippen LogP contribution is 2.15. The van der Waals surface area contributed by atoms with Crippen molar-refractivity contribution < 1.29 is 9.90 Å². The van der Waals surface area contributed by atoms with Crippen molar-refractivity contribution >= 4 is 11.8 Å². The predicted molar refractivity (Wildman–Crippen MR) is 68.5 cm³/mol. The highest BCUT2D eigenvalue weighted by molar-refractivity contribution is 5.89. The van der Waals surface area contributed by atoms with Crippen LogP contribution in [0, 0.1) is 6.92 Å². The van der Waals surface area contributed by atoms with E-state index in [1.54, 1.807) is 31.2 Å². The van der Waals surface area contributed by atoms with Crippen LogP contribution in [0.25, 0.3) is 0 Å². The van der Waals surface area contributed by atoms with E-state index < -0.39 is 5.97 Å². The van der Waals surface area contributed by atoms with Gasteiger partial charge in [-0.05, 0) is 19.1 Å². The number of carboxylic acid groups (broad SMARTS) is 1. The molecule has 90 valence electrons. The molecule has 0 saturated carbocycles. The Kier molecular flexibility index (Phi) is 4.46. The van der Waals surface area contributed by atoms with Crippen molar-refractivity contribution in [2.75, 3.05) is 18.0 Å². The van der Waals surface area contributed by atoms with Gasteiger partial charge in [0.1, 0.15) is 5.82 Å². The Morgan fingerprint density at radius 3 is 2.41 bits per heavy atom. The van der Waals surface area contributed by atoms with Crippen molar-refractivity contribution in [3.63, 3.8) is 0 Å². The van der Waals surface area contributed by atoms with Gasteiger partial charge in [0.15, 0.2) is 0 Å². The topological polar surface area (TPSA) is 53.4 Å². The lowest BCUT2D eigenvalue weighted by atomic mass is 10.2. The SMILES string of the molecule is C=CCN(CC=C)c1ccc(C(=O)O)c(C)n1. The fourth-order valence-corrected chi connectivity index (χ4v) is 1.52. The number of hydrogen-bond acceptors (Lipinski definition) is 3. The summed E-state index contributed by atoms with van der Waals surface area (Å²) in [5.41, 5.74) is 0.735. The lowest BCUT2D eigenvalue weighted by molar-refractivity contribution is 0.0695. The first-order chi connectivity index (χ1) is 8.10. The van der Waals surface area contributed by atoms with Gasteiger partial charge in [-0.3, -0.25) is 0 Å². The number of aryl methyl sites for hydroxylation is 1. The molecule has 1 heterocycles. The van der Waals surface area contributed by atoms with Gasteiger partial charge in [0.25, 0.3) is 0 Å². The fourth-order valence-electron chi connectivity index (χ4n) is 1.52. The maximum atomic E-state index is 10.9. The van der Waals surface area contributed by atoms with Crippen LogP contribution in [0.2, 0.25) is 0 Å². The maximum Gasteiger partial charge on any atom is 0.337 e. The molecule has 0 fully saturated rings. The van der Waals surface area contributed by atoms with E-state index >= 15 is 0 Å². The number of nitrogens with zero attached hydrogens (tertiary/aromatic N) is 2. The molecule has 0 unspecified atom stereocenters. The molecule has 1 aromatic rings. The zero-order valence-corrected chi connectivity index (χ0v) is 9.89. The van der Waals surface area contributed by atoms with E-state index in [4.69, 9.17) is 5.11 Å². The number of anilines is 1. The first-order valence-electron chi connectivity index (χ1n) is 5.27. The zero-order valence-electron chi connectivity index (χ0n) is 9.89. The molecule has 0 spiro atoms. The minimum atomic E-state index is -0.958. The summed E-state index contributed by atoms with van der Waals surface area (Å²) in [5.74, 6) is -0.229. The highest BCUT2D eigenvalue weighted by atomic mass is 16.4. The molecule has 4 nitrogen and oxygen atoms in total. The molecule has 0 amide bonds. The standard InChI is InChI=1S/C13H16N2O2/c1-4-8-15(9-5-2)12-7-6-11(13(16)17)10(3)14-12/h4-7H,1-2,8-9H2,3H3,(H,16,17). The predicted octanol–water partition coefficient (Wildman–Crippen LogP) is 2.27. The molecule has 1 N–H and O–H groups in total. The van der Waals surface area contributed by atoms with Gasteiger partial charge in [-0.1, -0.05) is 12.2 Å². The molecular weight excluding hydrogens is 216 g/mol. The van der Waals surface area contributed by atoms with Crippen LogP contribution in [0.1, 0.15) is 16.1 Å². The third kappa shape index (κ3) is 3.17. The molecule has 0 atom stereocenters. The summed E-state index contributed by atoms with van der Waals surface area (Å²) in [6.45, 7) is 10.3. The molecule has 0 aliphatic rings. The van der Waals surface area contributed by atoms with Gasteiger partial charge in [0.2, 0.25) is 0 Å². The maximum absolute atomic E-state index is 10.9. The first-order valence-corrected chi connectivity index (χ1v) is 5.27. The van der Waals surface area contributed by atoms with Gasteiger partial charge < -0.3 is 10.0 Å². The highest BCUT2D eigenvalue weighted by Gasteiger charge is 2.11. The van der Waals surface area contributed by atoms with Gasteiger partial charge in [0, 0.05) is 13.1 Å². The Hall–Kier alpha value is -2.10. The lowest BCUT2D eigenvalue weighted by Gasteiger charge is -2.20. The van der Waals surface area contributed by atoms with Crippen molar-refractivity contribution in [1.29, 1.82) is 0 Å². The van der Waals surface area contributed by atoms with E-state index in [0.717, 1.165) is 5.82 Å². The van der Waals surface area contributed by atoms with Gasteiger partial charge in [0.05, 0.1) is 11.3 Å². The number of carboxylic acids is 1. The van der Waals surface area contributed by atoms with Crippen LogP contribution < -0.4 is 4.90 Å². The summed E-state index contributed by atoms with van der Waals surface area (Å²) in [5, 5.41) is 8.92. The zero-order chi connectivity index (χ0) is 12.8. The minimum Gasteiger partial charge on any atom is -0.478 e. The summed E-state index contributed by atoms with van der Waals surface area (Å²) in [4.78, 5) is 17.1. The van der Waals surface area contributed by atoms with Crippen LogP contribution in [-0.2, 0) is 0 Å². The molecule has 0 aliphatic heterocycles. The lowest BCUT2D eigenvalue weighted by Crippen LogP contribution is -2.24. The summed E-state index contributed by atoms with van der Waals surface area (Å²) < 4.78 is 0. The largest absolute Gasteiger partial charge is 0.478 e. The van der Waals surface area contributed by atoms with Crippen molar-refractivity contribution in [2.24, 2.45) is 0 Å². The van der Waals surface area contributed by atoms with Crippen LogP contribution in [-0.4, -0.2) is 29.1 Å². The Labute approximate surface area is 101 Å². The fraction of sp³-hybridized carbons (Fsp3) is 0.231. The van der Waals surface area contributed by atoms with E-state index in [1.807, 2.05) is 4.90 Å². The van der Waals surface area contributed by atoms with Crippen molar-refractivity contribution in [2.45, 2.75) is 6.92 Å². The molecular formula is C13H16N2O2. The molecule has 1 aromatic heterocycles. The quantitative estimate of drug-likeness (QED) is 0.764. The van der Waals surface area contributed by atoms with E-state index in [2.05, 4.69) is 18.1 Å². The molecule has 1 rings (SSSR count). The Morgan fingerprint density at radius 1 is 1.41 bits per heavy atom. The second-order valence-electron chi connectivity index (χ2n) is 3.59. The summed E-state index contributed by atoms with van der Waals surface area (Å²) >= 11 is 0. The number of pyridine rings is 1. The Morgan fingerprint density at radius 2 is 2.00 bits per heavy atom. The van der Waals surface area contributed by atoms with Crippen LogP contribution in [0.3, 0.4) is 0 Å². The third-order valence-electron chi connectivity index (χ3n) is 2.32. The summed E-state index contributed by atoms with van der Waals surface area (Å²) in [6.07, 6.45) is 3.54. The van der Waals surface area contributed by atoms with Crippen molar-refractivity contribution in [3.05, 3.63) is 48.7 Å². The first kappa shape index (κ1) is 13.0. The third-order valence-corrected chi connectivity index (χ3v) is 2.32. The van der Waals surface area contributed by atoms with Gasteiger partial charge >= 0.3 is 5.97 Å². The Balaban J connectivity index is 3.04. The molecule has 0 aromatic carbocycles. The summed E-state index contributed by atoms with van der Waals surface area (Å²) in [6, 6.07) is 3.27. The van der Waals surface area contributed by atoms with Crippen molar-refractivity contribution in [1.82, 2.24) is 4.98 Å². The minimum absolute atomic E-state index is 0.228. The molecule has 17 heavy (non-hydrogen) atoms. The summed E-state index contributed by atoms with van der Waals surface area (Å²) in [7, 11) is 0. The normalized spacial score (nSPS) is 9.71. The van der Waals surface area contributed by atoms with Crippen molar-refractivity contribution in [3.8, 4) is 0 Å². The van der Waals surface area contributed by atoms with Gasteiger partial charge in [-0.25, -0.2) is 9.78 Å². The van der Waals surface area contributed by atoms with Crippen LogP contribution in [0.15, 0.2) is 37.4 Å². The smallest absolute Gasteiger partial charge is 0.337 e. The molecule has 4 heteroatoms. The van der Waals surface area contributed by atoms with E-state index in [0.29, 0.717) is 18.8 Å². The number of carbonyl (C=O) groups is 1. The van der Waals surface area contributed by atoms with Crippen LogP contribution in [0.5, 0.6) is 0 Å². The number of aromatic carboxylic acids is 1. The van der Waals surface area contributed by atoms with E-state index in [-0.39, 0.29) is 5.56 Å². The number of hydrogen-bond donors (Lipinski definition) is 1. The van der Waals surface area contributed by atoms with Gasteiger partial charge in [-0.15, -0.1) is 13.2 Å². The van der Waals surface area contributed by atoms with E-state index in [9.17, 15) is 4.79 Å². The molecule has 0 radical (unpaired) electrons. The molecule has 0 bridgehead atoms. The van der Waals surface area contributed by atoms with Gasteiger partial charge in [-0.2, -0.15) is 0 Å². The van der Waals surface area contributed by atoms with E-state index in [1.165, 1.54) is 0 Å². The second-order valence-corrected chi connectivity index (χ2v) is 3.59. The number of aromatic nitrogens is 1. The second kappa shape index (κ2) is 5.84. The molecule has 0 saturated heterocycles. The average molecular weight is 232 g/mol. The Bertz CT molecular complexity index is 431. The van der Waals surface area contributed by atoms with Crippen LogP contribution >= 0.6 is 0 Å². The molecule has 0 aliphatic carbocycles. The monoisotopic (exact) mass is 232 g/mol. The average Bonchev–Trinajstić information content (AvgIpc) is 2.28. The van der Waals surface area contributed by atoms with Crippen LogP contribution in [0.4, 0.5) is 5.82 Å². The number of rotatable bonds is 6.